The van der Waals surface area contributed by atoms with Gasteiger partial charge < -0.3 is 5.32 Å². The maximum absolute atomic E-state index is 11.6. The number of nitrogens with one attached hydrogen (secondary N) is 2. The van der Waals surface area contributed by atoms with Crippen molar-refractivity contribution in [3.8, 4) is 0 Å². The van der Waals surface area contributed by atoms with Crippen molar-refractivity contribution in [2.75, 3.05) is 5.32 Å². The lowest BCUT2D eigenvalue weighted by atomic mass is 10.4. The highest BCUT2D eigenvalue weighted by molar-refractivity contribution is 5.89. The number of hydrogen-bond donors (Lipinski definition) is 2. The highest BCUT2D eigenvalue weighted by Crippen LogP contribution is 1.99. The molecule has 92 valence electrons. The third kappa shape index (κ3) is 2.91. The Bertz CT molecular complexity index is 660. The summed E-state index contributed by atoms with van der Waals surface area (Å²) in [6.07, 6.45) is 2.81. The molecular weight excluding hydrogens is 236 g/mol. The van der Waals surface area contributed by atoms with Crippen LogP contribution in [0.4, 0.5) is 5.82 Å². The quantitative estimate of drug-likeness (QED) is 0.768. The fraction of sp³-hybridized carbons (Fsp3) is 0.0909. The van der Waals surface area contributed by atoms with Crippen LogP contribution in [-0.4, -0.2) is 20.4 Å². The molecule has 7 heteroatoms. The van der Waals surface area contributed by atoms with E-state index < -0.39 is 17.2 Å². The van der Waals surface area contributed by atoms with Crippen LogP contribution in [0.1, 0.15) is 0 Å². The highest BCUT2D eigenvalue weighted by atomic mass is 16.2. The molecule has 1 amide bonds. The molecule has 2 aromatic heterocycles. The van der Waals surface area contributed by atoms with Crippen LogP contribution in [0.15, 0.2) is 46.2 Å². The van der Waals surface area contributed by atoms with Gasteiger partial charge in [0.05, 0.1) is 0 Å². The van der Waals surface area contributed by atoms with E-state index in [0.717, 1.165) is 4.57 Å². The summed E-state index contributed by atoms with van der Waals surface area (Å²) < 4.78 is 1.10. The number of amides is 1. The number of rotatable bonds is 3. The summed E-state index contributed by atoms with van der Waals surface area (Å²) >= 11 is 0. The second-order valence-electron chi connectivity index (χ2n) is 3.50. The van der Waals surface area contributed by atoms with E-state index in [2.05, 4.69) is 15.3 Å². The molecule has 0 aliphatic rings. The Morgan fingerprint density at radius 2 is 2.17 bits per heavy atom. The molecule has 0 radical (unpaired) electrons. The summed E-state index contributed by atoms with van der Waals surface area (Å²) in [6.45, 7) is -0.188. The zero-order chi connectivity index (χ0) is 13.0. The molecule has 0 aliphatic carbocycles. The van der Waals surface area contributed by atoms with Gasteiger partial charge in [-0.25, -0.2) is 9.78 Å². The van der Waals surface area contributed by atoms with Gasteiger partial charge in [-0.05, 0) is 12.1 Å². The summed E-state index contributed by atoms with van der Waals surface area (Å²) in [7, 11) is 0. The van der Waals surface area contributed by atoms with Crippen LogP contribution in [0.2, 0.25) is 0 Å². The summed E-state index contributed by atoms with van der Waals surface area (Å²) in [4.78, 5) is 39.8. The number of carbonyl (C=O) groups is 1. The summed E-state index contributed by atoms with van der Waals surface area (Å²) in [5.74, 6) is 0.00261. The van der Waals surface area contributed by atoms with Crippen LogP contribution < -0.4 is 16.6 Å². The topological polar surface area (TPSA) is 96.9 Å². The smallest absolute Gasteiger partial charge is 0.309 e. The Labute approximate surface area is 101 Å². The summed E-state index contributed by atoms with van der Waals surface area (Å²) in [6, 6.07) is 6.26. The van der Waals surface area contributed by atoms with Gasteiger partial charge in [0, 0.05) is 18.5 Å². The Morgan fingerprint density at radius 1 is 1.33 bits per heavy atom. The molecule has 2 heterocycles. The van der Waals surface area contributed by atoms with Gasteiger partial charge in [0.2, 0.25) is 5.91 Å². The minimum Gasteiger partial charge on any atom is -0.309 e. The van der Waals surface area contributed by atoms with Crippen LogP contribution in [0.25, 0.3) is 0 Å². The number of aromatic nitrogens is 3. The monoisotopic (exact) mass is 246 g/mol. The van der Waals surface area contributed by atoms with Crippen molar-refractivity contribution in [1.29, 1.82) is 0 Å². The molecule has 0 aromatic carbocycles. The minimum absolute atomic E-state index is 0.188. The zero-order valence-electron chi connectivity index (χ0n) is 9.29. The van der Waals surface area contributed by atoms with Crippen molar-refractivity contribution in [3.05, 3.63) is 57.5 Å². The molecule has 2 rings (SSSR count). The Balaban J connectivity index is 2.08. The molecule has 0 bridgehead atoms. The Kier molecular flexibility index (Phi) is 3.33. The summed E-state index contributed by atoms with van der Waals surface area (Å²) in [5, 5.41) is 2.53. The molecule has 7 nitrogen and oxygen atoms in total. The lowest BCUT2D eigenvalue weighted by molar-refractivity contribution is -0.116. The van der Waals surface area contributed by atoms with Crippen LogP contribution >= 0.6 is 0 Å². The standard InChI is InChI=1S/C11H10N4O3/c16-9-4-6-15(11(18)14-9)7-10(17)13-8-3-1-2-5-12-8/h1-6H,7H2,(H,12,13,17)(H,14,16,18). The van der Waals surface area contributed by atoms with E-state index in [9.17, 15) is 14.4 Å². The van der Waals surface area contributed by atoms with Crippen molar-refractivity contribution in [2.45, 2.75) is 6.54 Å². The first kappa shape index (κ1) is 11.8. The number of pyridine rings is 1. The first-order valence-electron chi connectivity index (χ1n) is 5.16. The fourth-order valence-electron chi connectivity index (χ4n) is 1.34. The number of H-pyrrole nitrogens is 1. The van der Waals surface area contributed by atoms with E-state index in [0.29, 0.717) is 5.82 Å². The number of hydrogen-bond acceptors (Lipinski definition) is 4. The second kappa shape index (κ2) is 5.09. The van der Waals surface area contributed by atoms with Gasteiger partial charge in [-0.15, -0.1) is 0 Å². The lowest BCUT2D eigenvalue weighted by Crippen LogP contribution is -2.32. The van der Waals surface area contributed by atoms with Crippen LogP contribution in [0.3, 0.4) is 0 Å². The van der Waals surface area contributed by atoms with Crippen LogP contribution in [-0.2, 0) is 11.3 Å². The average molecular weight is 246 g/mol. The maximum Gasteiger partial charge on any atom is 0.328 e. The third-order valence-corrected chi connectivity index (χ3v) is 2.14. The highest BCUT2D eigenvalue weighted by Gasteiger charge is 2.05. The molecule has 0 aliphatic heterocycles. The second-order valence-corrected chi connectivity index (χ2v) is 3.50. The van der Waals surface area contributed by atoms with Crippen LogP contribution in [0, 0.1) is 0 Å². The molecule has 0 saturated heterocycles. The Hall–Kier alpha value is -2.70. The number of anilines is 1. The molecule has 0 saturated carbocycles. The molecule has 0 fully saturated rings. The minimum atomic E-state index is -0.626. The van der Waals surface area contributed by atoms with Gasteiger partial charge in [0.25, 0.3) is 5.56 Å². The van der Waals surface area contributed by atoms with Gasteiger partial charge in [0.1, 0.15) is 12.4 Å². The van der Waals surface area contributed by atoms with E-state index in [-0.39, 0.29) is 6.54 Å². The van der Waals surface area contributed by atoms with Gasteiger partial charge in [-0.3, -0.25) is 19.1 Å². The molecule has 2 N–H and O–H groups in total. The number of nitrogens with zero attached hydrogens (tertiary/aromatic N) is 2. The average Bonchev–Trinajstić information content (AvgIpc) is 2.34. The SMILES string of the molecule is O=C(Cn1ccc(=O)[nH]c1=O)Nc1ccccn1. The predicted octanol–water partition coefficient (Wildman–Crippen LogP) is -0.430. The largest absolute Gasteiger partial charge is 0.328 e. The first-order valence-corrected chi connectivity index (χ1v) is 5.16. The molecule has 0 atom stereocenters. The normalized spacial score (nSPS) is 10.0. The molecule has 18 heavy (non-hydrogen) atoms. The fourth-order valence-corrected chi connectivity index (χ4v) is 1.34. The first-order chi connectivity index (χ1) is 8.65. The van der Waals surface area contributed by atoms with Crippen molar-refractivity contribution in [2.24, 2.45) is 0 Å². The third-order valence-electron chi connectivity index (χ3n) is 2.14. The van der Waals surface area contributed by atoms with Gasteiger partial charge in [-0.2, -0.15) is 0 Å². The Morgan fingerprint density at radius 3 is 2.83 bits per heavy atom. The number of carbonyl (C=O) groups excluding carboxylic acids is 1. The number of aromatic amines is 1. The van der Waals surface area contributed by atoms with E-state index in [4.69, 9.17) is 0 Å². The summed E-state index contributed by atoms with van der Waals surface area (Å²) in [5.41, 5.74) is -1.12. The molecule has 0 spiro atoms. The van der Waals surface area contributed by atoms with Crippen molar-refractivity contribution in [1.82, 2.24) is 14.5 Å². The van der Waals surface area contributed by atoms with Gasteiger partial charge in [0.15, 0.2) is 0 Å². The van der Waals surface area contributed by atoms with E-state index in [1.807, 2.05) is 0 Å². The molecular formula is C11H10N4O3. The van der Waals surface area contributed by atoms with Gasteiger partial charge >= 0.3 is 5.69 Å². The van der Waals surface area contributed by atoms with Crippen molar-refractivity contribution < 1.29 is 4.79 Å². The van der Waals surface area contributed by atoms with Crippen LogP contribution in [0.5, 0.6) is 0 Å². The van der Waals surface area contributed by atoms with Gasteiger partial charge in [-0.1, -0.05) is 6.07 Å². The molecule has 0 unspecified atom stereocenters. The lowest BCUT2D eigenvalue weighted by Gasteiger charge is -2.05. The van der Waals surface area contributed by atoms with E-state index >= 15 is 0 Å². The van der Waals surface area contributed by atoms with E-state index in [1.54, 1.807) is 24.4 Å². The van der Waals surface area contributed by atoms with Crippen molar-refractivity contribution in [3.63, 3.8) is 0 Å². The van der Waals surface area contributed by atoms with E-state index in [1.165, 1.54) is 12.3 Å². The zero-order valence-corrected chi connectivity index (χ0v) is 9.29. The maximum atomic E-state index is 11.6. The predicted molar refractivity (Wildman–Crippen MR) is 64.2 cm³/mol. The van der Waals surface area contributed by atoms with Crippen molar-refractivity contribution >= 4 is 11.7 Å². The molecule has 2 aromatic rings.